The molecule has 3 heteroatoms. The third-order valence-corrected chi connectivity index (χ3v) is 4.48. The van der Waals surface area contributed by atoms with Gasteiger partial charge in [-0.2, -0.15) is 0 Å². The van der Waals surface area contributed by atoms with Gasteiger partial charge >= 0.3 is 0 Å². The first-order valence-corrected chi connectivity index (χ1v) is 6.91. The average Bonchev–Trinajstić information content (AvgIpc) is 3.04. The number of rotatable bonds is 3. The standard InChI is InChI=1S/C16H17N3/c1-2-5-13(6-3-1)10-19-11-14-9-16(14,12-19)15-17-7-4-8-18-15/h1-8,14H,9-12H2/t14-,16-/m0/s1. The van der Waals surface area contributed by atoms with Crippen LogP contribution < -0.4 is 0 Å². The monoisotopic (exact) mass is 251 g/mol. The van der Waals surface area contributed by atoms with Gasteiger partial charge in [0.2, 0.25) is 0 Å². The number of hydrogen-bond donors (Lipinski definition) is 0. The van der Waals surface area contributed by atoms with Crippen LogP contribution in [0.1, 0.15) is 17.8 Å². The molecular formula is C16H17N3. The number of likely N-dealkylation sites (tertiary alicyclic amines) is 1. The molecule has 2 aromatic rings. The Labute approximate surface area is 113 Å². The van der Waals surface area contributed by atoms with Gasteiger partial charge in [0, 0.05) is 37.4 Å². The van der Waals surface area contributed by atoms with Crippen LogP contribution >= 0.6 is 0 Å². The topological polar surface area (TPSA) is 29.0 Å². The van der Waals surface area contributed by atoms with Gasteiger partial charge < -0.3 is 0 Å². The first-order valence-electron chi connectivity index (χ1n) is 6.91. The summed E-state index contributed by atoms with van der Waals surface area (Å²) in [4.78, 5) is 11.5. The van der Waals surface area contributed by atoms with Crippen LogP contribution in [0.15, 0.2) is 48.8 Å². The molecule has 1 saturated heterocycles. The summed E-state index contributed by atoms with van der Waals surface area (Å²) < 4.78 is 0. The van der Waals surface area contributed by atoms with Crippen molar-refractivity contribution in [2.75, 3.05) is 13.1 Å². The van der Waals surface area contributed by atoms with E-state index in [-0.39, 0.29) is 5.41 Å². The number of nitrogens with zero attached hydrogens (tertiary/aromatic N) is 3. The van der Waals surface area contributed by atoms with E-state index in [4.69, 9.17) is 0 Å². The average molecular weight is 251 g/mol. The molecule has 96 valence electrons. The molecule has 2 atom stereocenters. The van der Waals surface area contributed by atoms with E-state index in [9.17, 15) is 0 Å². The van der Waals surface area contributed by atoms with Crippen molar-refractivity contribution in [2.24, 2.45) is 5.92 Å². The fourth-order valence-corrected chi connectivity index (χ4v) is 3.45. The van der Waals surface area contributed by atoms with E-state index in [1.54, 1.807) is 0 Å². The van der Waals surface area contributed by atoms with Gasteiger partial charge in [0.15, 0.2) is 0 Å². The van der Waals surface area contributed by atoms with Crippen molar-refractivity contribution in [3.63, 3.8) is 0 Å². The van der Waals surface area contributed by atoms with Gasteiger partial charge in [-0.05, 0) is 24.0 Å². The van der Waals surface area contributed by atoms with E-state index in [1.165, 1.54) is 18.5 Å². The highest BCUT2D eigenvalue weighted by Gasteiger charge is 2.62. The molecule has 0 radical (unpaired) electrons. The molecule has 1 aliphatic carbocycles. The second-order valence-electron chi connectivity index (χ2n) is 5.78. The van der Waals surface area contributed by atoms with Crippen LogP contribution in [0.3, 0.4) is 0 Å². The van der Waals surface area contributed by atoms with Crippen LogP contribution in [0.25, 0.3) is 0 Å². The Morgan fingerprint density at radius 1 is 1.11 bits per heavy atom. The second-order valence-corrected chi connectivity index (χ2v) is 5.78. The molecular weight excluding hydrogens is 234 g/mol. The Kier molecular flexibility index (Phi) is 2.42. The van der Waals surface area contributed by atoms with Crippen LogP contribution in [0, 0.1) is 5.92 Å². The highest BCUT2D eigenvalue weighted by Crippen LogP contribution is 2.57. The van der Waals surface area contributed by atoms with Gasteiger partial charge in [0.05, 0.1) is 0 Å². The highest BCUT2D eigenvalue weighted by atomic mass is 15.2. The minimum atomic E-state index is 0.260. The van der Waals surface area contributed by atoms with Crippen LogP contribution in [0.4, 0.5) is 0 Å². The summed E-state index contributed by atoms with van der Waals surface area (Å²) >= 11 is 0. The van der Waals surface area contributed by atoms with E-state index < -0.39 is 0 Å². The summed E-state index contributed by atoms with van der Waals surface area (Å²) in [6.45, 7) is 3.34. The molecule has 2 fully saturated rings. The number of fused-ring (bicyclic) bond motifs is 1. The van der Waals surface area contributed by atoms with E-state index in [0.29, 0.717) is 0 Å². The fourth-order valence-electron chi connectivity index (χ4n) is 3.45. The molecule has 1 saturated carbocycles. The molecule has 0 N–H and O–H groups in total. The minimum Gasteiger partial charge on any atom is -0.298 e. The molecule has 0 unspecified atom stereocenters. The summed E-state index contributed by atoms with van der Waals surface area (Å²) in [5, 5.41) is 0. The molecule has 19 heavy (non-hydrogen) atoms. The Morgan fingerprint density at radius 2 is 1.89 bits per heavy atom. The number of aromatic nitrogens is 2. The summed E-state index contributed by atoms with van der Waals surface area (Å²) in [5.41, 5.74) is 1.66. The zero-order valence-electron chi connectivity index (χ0n) is 10.9. The zero-order valence-corrected chi connectivity index (χ0v) is 10.9. The van der Waals surface area contributed by atoms with Crippen molar-refractivity contribution in [1.29, 1.82) is 0 Å². The molecule has 3 nitrogen and oxygen atoms in total. The van der Waals surface area contributed by atoms with Crippen molar-refractivity contribution in [1.82, 2.24) is 14.9 Å². The third kappa shape index (κ3) is 1.85. The predicted molar refractivity (Wildman–Crippen MR) is 73.5 cm³/mol. The molecule has 2 heterocycles. The molecule has 4 rings (SSSR count). The van der Waals surface area contributed by atoms with Gasteiger partial charge in [-0.3, -0.25) is 4.90 Å². The first kappa shape index (κ1) is 11.1. The fraction of sp³-hybridized carbons (Fsp3) is 0.375. The van der Waals surface area contributed by atoms with Crippen molar-refractivity contribution >= 4 is 0 Å². The Balaban J connectivity index is 1.50. The normalized spacial score (nSPS) is 29.2. The Hall–Kier alpha value is -1.74. The largest absolute Gasteiger partial charge is 0.298 e. The van der Waals surface area contributed by atoms with Gasteiger partial charge in [-0.25, -0.2) is 9.97 Å². The molecule has 0 amide bonds. The maximum Gasteiger partial charge on any atom is 0.135 e. The lowest BCUT2D eigenvalue weighted by molar-refractivity contribution is 0.288. The van der Waals surface area contributed by atoms with Crippen LogP contribution in [0.5, 0.6) is 0 Å². The predicted octanol–water partition coefficient (Wildman–Crippen LogP) is 2.25. The van der Waals surface area contributed by atoms with Crippen molar-refractivity contribution < 1.29 is 0 Å². The van der Waals surface area contributed by atoms with E-state index >= 15 is 0 Å². The van der Waals surface area contributed by atoms with Crippen molar-refractivity contribution in [3.05, 3.63) is 60.2 Å². The maximum absolute atomic E-state index is 4.48. The Morgan fingerprint density at radius 3 is 2.68 bits per heavy atom. The van der Waals surface area contributed by atoms with Crippen LogP contribution in [0.2, 0.25) is 0 Å². The summed E-state index contributed by atoms with van der Waals surface area (Å²) in [6, 6.07) is 12.6. The quantitative estimate of drug-likeness (QED) is 0.838. The maximum atomic E-state index is 4.48. The number of hydrogen-bond acceptors (Lipinski definition) is 3. The van der Waals surface area contributed by atoms with Gasteiger partial charge in [0.1, 0.15) is 5.82 Å². The third-order valence-electron chi connectivity index (χ3n) is 4.48. The van der Waals surface area contributed by atoms with Crippen LogP contribution in [-0.2, 0) is 12.0 Å². The molecule has 0 bridgehead atoms. The van der Waals surface area contributed by atoms with Crippen LogP contribution in [-0.4, -0.2) is 28.0 Å². The number of benzene rings is 1. The number of piperidine rings is 1. The van der Waals surface area contributed by atoms with Gasteiger partial charge in [-0.15, -0.1) is 0 Å². The second kappa shape index (κ2) is 4.14. The summed E-state index contributed by atoms with van der Waals surface area (Å²) in [6.07, 6.45) is 5.00. The lowest BCUT2D eigenvalue weighted by Gasteiger charge is -2.20. The van der Waals surface area contributed by atoms with E-state index in [0.717, 1.165) is 24.8 Å². The Bertz CT molecular complexity index is 569. The van der Waals surface area contributed by atoms with Crippen molar-refractivity contribution in [3.8, 4) is 0 Å². The smallest absolute Gasteiger partial charge is 0.135 e. The molecule has 2 aliphatic rings. The SMILES string of the molecule is c1ccc(CN2C[C@@H]3C[C@]3(c3ncccn3)C2)cc1. The highest BCUT2D eigenvalue weighted by molar-refractivity contribution is 5.28. The molecule has 0 spiro atoms. The molecule has 1 aromatic heterocycles. The van der Waals surface area contributed by atoms with Gasteiger partial charge in [-0.1, -0.05) is 30.3 Å². The van der Waals surface area contributed by atoms with Gasteiger partial charge in [0.25, 0.3) is 0 Å². The van der Waals surface area contributed by atoms with E-state index in [1.807, 2.05) is 18.5 Å². The summed E-state index contributed by atoms with van der Waals surface area (Å²) in [5.74, 6) is 1.81. The lowest BCUT2D eigenvalue weighted by Crippen LogP contribution is -2.27. The summed E-state index contributed by atoms with van der Waals surface area (Å²) in [7, 11) is 0. The molecule has 1 aliphatic heterocycles. The lowest BCUT2D eigenvalue weighted by atomic mass is 10.1. The molecule has 1 aromatic carbocycles. The minimum absolute atomic E-state index is 0.260. The zero-order chi connectivity index (χ0) is 12.7. The van der Waals surface area contributed by atoms with E-state index in [2.05, 4.69) is 45.2 Å². The van der Waals surface area contributed by atoms with Crippen molar-refractivity contribution in [2.45, 2.75) is 18.4 Å². The first-order chi connectivity index (χ1) is 9.37.